The fourth-order valence-electron chi connectivity index (χ4n) is 2.40. The van der Waals surface area contributed by atoms with Gasteiger partial charge in [0.2, 0.25) is 0 Å². The molecule has 0 unspecified atom stereocenters. The van der Waals surface area contributed by atoms with Gasteiger partial charge in [0.25, 0.3) is 0 Å². The van der Waals surface area contributed by atoms with Gasteiger partial charge >= 0.3 is 11.9 Å². The molecular formula is C16H30O4. The second-order valence-corrected chi connectivity index (χ2v) is 6.70. The van der Waals surface area contributed by atoms with Gasteiger partial charge in [-0.05, 0) is 50.4 Å². The van der Waals surface area contributed by atoms with Gasteiger partial charge in [0.15, 0.2) is 0 Å². The Balaban J connectivity index is 4.81. The highest BCUT2D eigenvalue weighted by atomic mass is 16.4. The van der Waals surface area contributed by atoms with Crippen molar-refractivity contribution in [2.45, 2.75) is 72.6 Å². The van der Waals surface area contributed by atoms with Gasteiger partial charge in [-0.1, -0.05) is 27.7 Å². The van der Waals surface area contributed by atoms with Gasteiger partial charge in [0.1, 0.15) is 0 Å². The quantitative estimate of drug-likeness (QED) is 0.597. The maximum atomic E-state index is 11.8. The van der Waals surface area contributed by atoms with E-state index in [-0.39, 0.29) is 6.42 Å². The van der Waals surface area contributed by atoms with Gasteiger partial charge in [-0.15, -0.1) is 0 Å². The lowest BCUT2D eigenvalue weighted by atomic mass is 9.73. The number of rotatable bonds is 11. The average Bonchev–Trinajstić information content (AvgIpc) is 2.31. The van der Waals surface area contributed by atoms with E-state index in [1.165, 1.54) is 0 Å². The van der Waals surface area contributed by atoms with Crippen molar-refractivity contribution >= 4 is 11.9 Å². The lowest BCUT2D eigenvalue weighted by molar-refractivity contribution is -0.151. The van der Waals surface area contributed by atoms with E-state index in [4.69, 9.17) is 5.11 Å². The molecule has 0 rings (SSSR count). The van der Waals surface area contributed by atoms with Crippen LogP contribution in [0.15, 0.2) is 0 Å². The highest BCUT2D eigenvalue weighted by Gasteiger charge is 2.37. The molecule has 0 aromatic heterocycles. The van der Waals surface area contributed by atoms with Crippen LogP contribution in [0, 0.1) is 17.3 Å². The molecule has 118 valence electrons. The number of carbonyl (C=O) groups is 2. The molecule has 0 bridgehead atoms. The molecule has 0 spiro atoms. The minimum Gasteiger partial charge on any atom is -0.481 e. The molecule has 0 aromatic carbocycles. The average molecular weight is 286 g/mol. The number of aliphatic carboxylic acids is 2. The molecule has 0 saturated heterocycles. The number of hydrogen-bond acceptors (Lipinski definition) is 2. The summed E-state index contributed by atoms with van der Waals surface area (Å²) in [6.45, 7) is 8.36. The predicted octanol–water partition coefficient (Wildman–Crippen LogP) is 4.18. The SMILES string of the molecule is CC(C)CCC(CCCC(=O)O)(CCC(C)C)C(=O)O. The van der Waals surface area contributed by atoms with Crippen LogP contribution < -0.4 is 0 Å². The molecule has 4 nitrogen and oxygen atoms in total. The zero-order valence-electron chi connectivity index (χ0n) is 13.3. The Kier molecular flexibility index (Phi) is 8.51. The molecular weight excluding hydrogens is 256 g/mol. The molecule has 20 heavy (non-hydrogen) atoms. The normalized spacial score (nSPS) is 12.1. The fraction of sp³-hybridized carbons (Fsp3) is 0.875. The first-order valence-corrected chi connectivity index (χ1v) is 7.65. The summed E-state index contributed by atoms with van der Waals surface area (Å²) in [4.78, 5) is 22.4. The van der Waals surface area contributed by atoms with Gasteiger partial charge < -0.3 is 10.2 Å². The summed E-state index contributed by atoms with van der Waals surface area (Å²) < 4.78 is 0. The lowest BCUT2D eigenvalue weighted by Crippen LogP contribution is -2.32. The fourth-order valence-corrected chi connectivity index (χ4v) is 2.40. The van der Waals surface area contributed by atoms with Crippen LogP contribution in [0.5, 0.6) is 0 Å². The van der Waals surface area contributed by atoms with E-state index < -0.39 is 17.4 Å². The van der Waals surface area contributed by atoms with E-state index in [0.29, 0.717) is 37.5 Å². The maximum absolute atomic E-state index is 11.8. The van der Waals surface area contributed by atoms with Gasteiger partial charge in [-0.2, -0.15) is 0 Å². The zero-order chi connectivity index (χ0) is 15.8. The van der Waals surface area contributed by atoms with Crippen molar-refractivity contribution < 1.29 is 19.8 Å². The van der Waals surface area contributed by atoms with Crippen molar-refractivity contribution in [2.75, 3.05) is 0 Å². The smallest absolute Gasteiger partial charge is 0.309 e. The molecule has 4 heteroatoms. The van der Waals surface area contributed by atoms with E-state index >= 15 is 0 Å². The summed E-state index contributed by atoms with van der Waals surface area (Å²) in [7, 11) is 0. The van der Waals surface area contributed by atoms with E-state index in [9.17, 15) is 14.7 Å². The monoisotopic (exact) mass is 286 g/mol. The third-order valence-corrected chi connectivity index (χ3v) is 3.90. The Bertz CT molecular complexity index is 296. The molecule has 0 aliphatic carbocycles. The summed E-state index contributed by atoms with van der Waals surface area (Å²) in [6.07, 6.45) is 4.00. The molecule has 0 saturated carbocycles. The van der Waals surface area contributed by atoms with Crippen LogP contribution in [0.3, 0.4) is 0 Å². The largest absolute Gasteiger partial charge is 0.481 e. The molecule has 2 N–H and O–H groups in total. The molecule has 0 amide bonds. The molecule has 0 radical (unpaired) electrons. The van der Waals surface area contributed by atoms with Crippen LogP contribution in [-0.4, -0.2) is 22.2 Å². The van der Waals surface area contributed by atoms with Crippen LogP contribution in [0.1, 0.15) is 72.6 Å². The third-order valence-electron chi connectivity index (χ3n) is 3.90. The van der Waals surface area contributed by atoms with Crippen molar-refractivity contribution in [3.63, 3.8) is 0 Å². The van der Waals surface area contributed by atoms with Gasteiger partial charge in [-0.25, -0.2) is 0 Å². The summed E-state index contributed by atoms with van der Waals surface area (Å²) in [5, 5.41) is 18.4. The Labute approximate surface area is 122 Å². The van der Waals surface area contributed by atoms with Crippen LogP contribution in [0.25, 0.3) is 0 Å². The summed E-state index contributed by atoms with van der Waals surface area (Å²) >= 11 is 0. The highest BCUT2D eigenvalue weighted by molar-refractivity contribution is 5.74. The van der Waals surface area contributed by atoms with Gasteiger partial charge in [0, 0.05) is 6.42 Å². The van der Waals surface area contributed by atoms with E-state index in [2.05, 4.69) is 27.7 Å². The van der Waals surface area contributed by atoms with Gasteiger partial charge in [-0.3, -0.25) is 9.59 Å². The van der Waals surface area contributed by atoms with Crippen LogP contribution in [0.4, 0.5) is 0 Å². The Hall–Kier alpha value is -1.06. The van der Waals surface area contributed by atoms with Crippen molar-refractivity contribution in [1.82, 2.24) is 0 Å². The topological polar surface area (TPSA) is 74.6 Å². The van der Waals surface area contributed by atoms with Crippen molar-refractivity contribution in [1.29, 1.82) is 0 Å². The Morgan fingerprint density at radius 2 is 1.35 bits per heavy atom. The van der Waals surface area contributed by atoms with E-state index in [1.54, 1.807) is 0 Å². The lowest BCUT2D eigenvalue weighted by Gasteiger charge is -2.31. The van der Waals surface area contributed by atoms with Gasteiger partial charge in [0.05, 0.1) is 5.41 Å². The van der Waals surface area contributed by atoms with Crippen LogP contribution in [-0.2, 0) is 9.59 Å². The van der Waals surface area contributed by atoms with E-state index in [0.717, 1.165) is 12.8 Å². The minimum atomic E-state index is -0.850. The molecule has 0 aliphatic heterocycles. The molecule has 0 heterocycles. The first kappa shape index (κ1) is 18.9. The number of hydrogen-bond donors (Lipinski definition) is 2. The predicted molar refractivity (Wildman–Crippen MR) is 79.7 cm³/mol. The summed E-state index contributed by atoms with van der Waals surface area (Å²) in [5.74, 6) is -0.680. The summed E-state index contributed by atoms with van der Waals surface area (Å²) in [6, 6.07) is 0. The highest BCUT2D eigenvalue weighted by Crippen LogP contribution is 2.38. The Morgan fingerprint density at radius 3 is 1.65 bits per heavy atom. The van der Waals surface area contributed by atoms with Crippen molar-refractivity contribution in [3.05, 3.63) is 0 Å². The standard InChI is InChI=1S/C16H30O4/c1-12(2)7-10-16(15(19)20,11-8-13(3)4)9-5-6-14(17)18/h12-13H,5-11H2,1-4H3,(H,17,18)(H,19,20). The minimum absolute atomic E-state index is 0.0540. The first-order chi connectivity index (χ1) is 9.19. The second kappa shape index (κ2) is 8.98. The molecule has 0 aromatic rings. The van der Waals surface area contributed by atoms with E-state index in [1.807, 2.05) is 0 Å². The molecule has 0 aliphatic rings. The summed E-state index contributed by atoms with van der Waals surface area (Å²) in [5.41, 5.74) is -0.746. The Morgan fingerprint density at radius 1 is 0.900 bits per heavy atom. The number of carboxylic acid groups (broad SMARTS) is 2. The molecule has 0 atom stereocenters. The third kappa shape index (κ3) is 7.51. The van der Waals surface area contributed by atoms with Crippen molar-refractivity contribution in [3.8, 4) is 0 Å². The first-order valence-electron chi connectivity index (χ1n) is 7.65. The van der Waals surface area contributed by atoms with Crippen LogP contribution >= 0.6 is 0 Å². The van der Waals surface area contributed by atoms with Crippen molar-refractivity contribution in [2.24, 2.45) is 17.3 Å². The van der Waals surface area contributed by atoms with Crippen LogP contribution in [0.2, 0.25) is 0 Å². The molecule has 0 fully saturated rings. The maximum Gasteiger partial charge on any atom is 0.309 e. The second-order valence-electron chi connectivity index (χ2n) is 6.70. The number of carboxylic acids is 2. The zero-order valence-corrected chi connectivity index (χ0v) is 13.3.